The highest BCUT2D eigenvalue weighted by molar-refractivity contribution is 7.86. The van der Waals surface area contributed by atoms with E-state index in [4.69, 9.17) is 9.47 Å². The fraction of sp³-hybridized carbons (Fsp3) is 0.409. The molecule has 2 aromatic carbocycles. The summed E-state index contributed by atoms with van der Waals surface area (Å²) in [6, 6.07) is 10.8. The van der Waals surface area contributed by atoms with Gasteiger partial charge in [-0.3, -0.25) is 4.79 Å². The lowest BCUT2D eigenvalue weighted by molar-refractivity contribution is 0.0936. The third-order valence-corrected chi connectivity index (χ3v) is 6.59. The van der Waals surface area contributed by atoms with Crippen LogP contribution in [0.2, 0.25) is 0 Å². The molecule has 6 nitrogen and oxygen atoms in total. The molecular weight excluding hydrogens is 409 g/mol. The summed E-state index contributed by atoms with van der Waals surface area (Å²) < 4.78 is 46.3. The first-order chi connectivity index (χ1) is 14.3. The van der Waals surface area contributed by atoms with E-state index in [1.54, 1.807) is 14.2 Å². The van der Waals surface area contributed by atoms with E-state index < -0.39 is 21.0 Å². The second kappa shape index (κ2) is 9.04. The van der Waals surface area contributed by atoms with Crippen molar-refractivity contribution < 1.29 is 26.6 Å². The van der Waals surface area contributed by atoms with E-state index in [9.17, 15) is 17.1 Å². The van der Waals surface area contributed by atoms with E-state index in [-0.39, 0.29) is 11.0 Å². The molecule has 0 aromatic heterocycles. The number of methoxy groups -OCH3 is 2. The van der Waals surface area contributed by atoms with E-state index in [1.807, 2.05) is 18.2 Å². The molecule has 1 aliphatic rings. The Morgan fingerprint density at radius 1 is 1.03 bits per heavy atom. The predicted octanol–water partition coefficient (Wildman–Crippen LogP) is 3.99. The number of carbonyl (C=O) groups excluding carboxylic acids is 1. The Morgan fingerprint density at radius 2 is 1.73 bits per heavy atom. The van der Waals surface area contributed by atoms with E-state index in [2.05, 4.69) is 5.32 Å². The van der Waals surface area contributed by atoms with Crippen molar-refractivity contribution in [2.45, 2.75) is 42.4 Å². The van der Waals surface area contributed by atoms with Gasteiger partial charge in [0.05, 0.1) is 19.1 Å². The molecule has 0 unspecified atom stereocenters. The number of hydrogen-bond acceptors (Lipinski definition) is 5. The largest absolute Gasteiger partial charge is 0.493 e. The third kappa shape index (κ3) is 4.75. The molecule has 1 N–H and O–H groups in total. The van der Waals surface area contributed by atoms with Crippen LogP contribution in [0, 0.1) is 0 Å². The lowest BCUT2D eigenvalue weighted by Gasteiger charge is -2.38. The van der Waals surface area contributed by atoms with Crippen molar-refractivity contribution >= 4 is 16.1 Å². The molecule has 0 spiro atoms. The van der Waals surface area contributed by atoms with Crippen molar-refractivity contribution in [2.75, 3.05) is 20.8 Å². The number of halogens is 1. The van der Waals surface area contributed by atoms with Crippen molar-refractivity contribution in [2.24, 2.45) is 0 Å². The van der Waals surface area contributed by atoms with Gasteiger partial charge in [0.1, 0.15) is 0 Å². The van der Waals surface area contributed by atoms with Crippen molar-refractivity contribution in [3.05, 3.63) is 53.6 Å². The average Bonchev–Trinajstić information content (AvgIpc) is 2.77. The summed E-state index contributed by atoms with van der Waals surface area (Å²) in [4.78, 5) is 12.2. The standard InChI is InChI=1S/C22H26FNO5S/c1-28-19-10-9-17(14-20(19)29-2)22(11-4-3-5-12-22)15-24-21(25)16-7-6-8-18(13-16)30(23,26)27/h6-10,13-14H,3-5,11-12,15H2,1-2H3,(H,24,25). The minimum Gasteiger partial charge on any atom is -0.493 e. The number of amides is 1. The minimum absolute atomic E-state index is 0.104. The molecule has 0 saturated heterocycles. The van der Waals surface area contributed by atoms with E-state index in [0.717, 1.165) is 49.8 Å². The summed E-state index contributed by atoms with van der Waals surface area (Å²) in [7, 11) is -1.70. The van der Waals surface area contributed by atoms with Gasteiger partial charge in [-0.15, -0.1) is 3.89 Å². The summed E-state index contributed by atoms with van der Waals surface area (Å²) >= 11 is 0. The maximum Gasteiger partial charge on any atom is 0.332 e. The van der Waals surface area contributed by atoms with Crippen LogP contribution in [0.3, 0.4) is 0 Å². The van der Waals surface area contributed by atoms with Gasteiger partial charge in [0, 0.05) is 17.5 Å². The molecule has 1 saturated carbocycles. The van der Waals surface area contributed by atoms with Gasteiger partial charge in [0.25, 0.3) is 5.91 Å². The van der Waals surface area contributed by atoms with Crippen LogP contribution in [0.4, 0.5) is 3.89 Å². The summed E-state index contributed by atoms with van der Waals surface area (Å²) in [5, 5.41) is 2.92. The molecule has 3 rings (SSSR count). The number of benzene rings is 2. The zero-order valence-electron chi connectivity index (χ0n) is 17.1. The highest BCUT2D eigenvalue weighted by Gasteiger charge is 2.35. The highest BCUT2D eigenvalue weighted by atomic mass is 32.3. The van der Waals surface area contributed by atoms with E-state index >= 15 is 0 Å². The minimum atomic E-state index is -4.87. The van der Waals surface area contributed by atoms with Gasteiger partial charge in [-0.2, -0.15) is 8.42 Å². The van der Waals surface area contributed by atoms with Gasteiger partial charge in [-0.25, -0.2) is 0 Å². The molecule has 0 atom stereocenters. The monoisotopic (exact) mass is 435 g/mol. The van der Waals surface area contributed by atoms with Crippen LogP contribution in [0.25, 0.3) is 0 Å². The SMILES string of the molecule is COc1ccc(C2(CNC(=O)c3cccc(S(=O)(=O)F)c3)CCCCC2)cc1OC. The Hall–Kier alpha value is -2.61. The van der Waals surface area contributed by atoms with Gasteiger partial charge >= 0.3 is 10.2 Å². The molecule has 0 heterocycles. The molecule has 0 radical (unpaired) electrons. The first kappa shape index (κ1) is 22.1. The fourth-order valence-electron chi connectivity index (χ4n) is 4.10. The van der Waals surface area contributed by atoms with E-state index in [1.165, 1.54) is 12.1 Å². The molecule has 30 heavy (non-hydrogen) atoms. The van der Waals surface area contributed by atoms with Crippen LogP contribution in [-0.2, 0) is 15.6 Å². The quantitative estimate of drug-likeness (QED) is 0.665. The maximum atomic E-state index is 13.3. The third-order valence-electron chi connectivity index (χ3n) is 5.77. The van der Waals surface area contributed by atoms with Crippen LogP contribution in [-0.4, -0.2) is 35.1 Å². The highest BCUT2D eigenvalue weighted by Crippen LogP contribution is 2.42. The Kier molecular flexibility index (Phi) is 6.65. The smallest absolute Gasteiger partial charge is 0.332 e. The van der Waals surface area contributed by atoms with Gasteiger partial charge in [0.2, 0.25) is 0 Å². The van der Waals surface area contributed by atoms with Gasteiger partial charge < -0.3 is 14.8 Å². The fourth-order valence-corrected chi connectivity index (χ4v) is 4.61. The van der Waals surface area contributed by atoms with Crippen LogP contribution in [0.5, 0.6) is 11.5 Å². The summed E-state index contributed by atoms with van der Waals surface area (Å²) in [5.41, 5.74) is 0.893. The molecule has 0 bridgehead atoms. The second-order valence-corrected chi connectivity index (χ2v) is 8.91. The number of hydrogen-bond donors (Lipinski definition) is 1. The van der Waals surface area contributed by atoms with Crippen molar-refractivity contribution in [1.29, 1.82) is 0 Å². The average molecular weight is 436 g/mol. The van der Waals surface area contributed by atoms with Crippen LogP contribution in [0.15, 0.2) is 47.4 Å². The Bertz CT molecular complexity index is 1020. The molecule has 2 aromatic rings. The molecule has 162 valence electrons. The number of rotatable bonds is 7. The van der Waals surface area contributed by atoms with Crippen LogP contribution >= 0.6 is 0 Å². The molecule has 1 aliphatic carbocycles. The van der Waals surface area contributed by atoms with Crippen molar-refractivity contribution in [3.63, 3.8) is 0 Å². The Balaban J connectivity index is 1.85. The van der Waals surface area contributed by atoms with E-state index in [0.29, 0.717) is 18.0 Å². The lowest BCUT2D eigenvalue weighted by Crippen LogP contribution is -2.42. The zero-order chi connectivity index (χ0) is 21.8. The van der Waals surface area contributed by atoms with Crippen molar-refractivity contribution in [3.8, 4) is 11.5 Å². The first-order valence-electron chi connectivity index (χ1n) is 9.84. The van der Waals surface area contributed by atoms with Gasteiger partial charge in [-0.1, -0.05) is 31.4 Å². The molecule has 8 heteroatoms. The second-order valence-electron chi connectivity index (χ2n) is 7.56. The zero-order valence-corrected chi connectivity index (χ0v) is 17.9. The molecule has 1 amide bonds. The Morgan fingerprint density at radius 3 is 2.37 bits per heavy atom. The van der Waals surface area contributed by atoms with Gasteiger partial charge in [-0.05, 0) is 48.7 Å². The number of carbonyl (C=O) groups is 1. The van der Waals surface area contributed by atoms with Crippen LogP contribution in [0.1, 0.15) is 48.0 Å². The summed E-state index contributed by atoms with van der Waals surface area (Å²) in [5.74, 6) is 0.832. The Labute approximate surface area is 176 Å². The topological polar surface area (TPSA) is 81.7 Å². The normalized spacial score (nSPS) is 16.0. The number of ether oxygens (including phenoxy) is 2. The van der Waals surface area contributed by atoms with Gasteiger partial charge in [0.15, 0.2) is 11.5 Å². The summed E-state index contributed by atoms with van der Waals surface area (Å²) in [6.45, 7) is 0.383. The summed E-state index contributed by atoms with van der Waals surface area (Å²) in [6.07, 6.45) is 5.03. The number of nitrogens with one attached hydrogen (secondary N) is 1. The first-order valence-corrected chi connectivity index (χ1v) is 11.2. The molecule has 0 aliphatic heterocycles. The van der Waals surface area contributed by atoms with Crippen molar-refractivity contribution in [1.82, 2.24) is 5.32 Å². The van der Waals surface area contributed by atoms with Crippen LogP contribution < -0.4 is 14.8 Å². The lowest BCUT2D eigenvalue weighted by atomic mass is 9.69. The predicted molar refractivity (Wildman–Crippen MR) is 111 cm³/mol. The molecular formula is C22H26FNO5S. The molecule has 1 fully saturated rings. The maximum absolute atomic E-state index is 13.3.